The van der Waals surface area contributed by atoms with Crippen molar-refractivity contribution in [3.63, 3.8) is 0 Å². The van der Waals surface area contributed by atoms with Crippen molar-refractivity contribution < 1.29 is 33.4 Å². The average molecular weight is 863 g/mol. The number of likely N-dealkylation sites (N-methyl/N-ethyl adjacent to an activating group) is 1. The van der Waals surface area contributed by atoms with Crippen LogP contribution in [0.2, 0.25) is 0 Å². The summed E-state index contributed by atoms with van der Waals surface area (Å²) in [6.45, 7) is 3.73. The quantitative estimate of drug-likeness (QED) is 0.0329. The van der Waals surface area contributed by atoms with Gasteiger partial charge in [-0.25, -0.2) is 0 Å². The van der Waals surface area contributed by atoms with Crippen molar-refractivity contribution in [2.45, 2.75) is 57.7 Å². The Labute approximate surface area is 367 Å². The van der Waals surface area contributed by atoms with Gasteiger partial charge in [-0.2, -0.15) is 5.10 Å². The van der Waals surface area contributed by atoms with Gasteiger partial charge < -0.3 is 58.7 Å². The fraction of sp³-hybridized carbons (Fsp3) is 0.348. The third kappa shape index (κ3) is 12.5. The van der Waals surface area contributed by atoms with Crippen LogP contribution in [0.5, 0.6) is 11.5 Å². The van der Waals surface area contributed by atoms with Crippen molar-refractivity contribution >= 4 is 35.4 Å². The van der Waals surface area contributed by atoms with Gasteiger partial charge in [0.25, 0.3) is 5.91 Å². The molecule has 4 aromatic rings. The van der Waals surface area contributed by atoms with Gasteiger partial charge in [0.2, 0.25) is 23.6 Å². The molecular formula is C46H58N10O7. The van der Waals surface area contributed by atoms with Crippen LogP contribution in [0.4, 0.5) is 0 Å². The second-order valence-corrected chi connectivity index (χ2v) is 15.2. The lowest BCUT2D eigenvalue weighted by Gasteiger charge is -2.30. The number of hydrogen-bond acceptors (Lipinski definition) is 11. The van der Waals surface area contributed by atoms with Gasteiger partial charge in [-0.15, -0.1) is 0 Å². The fourth-order valence-electron chi connectivity index (χ4n) is 7.01. The van der Waals surface area contributed by atoms with E-state index in [0.29, 0.717) is 39.3 Å². The minimum atomic E-state index is -1.32. The molecule has 2 unspecified atom stereocenters. The summed E-state index contributed by atoms with van der Waals surface area (Å²) >= 11 is 0. The van der Waals surface area contributed by atoms with Crippen LogP contribution in [0.3, 0.4) is 0 Å². The number of benzene rings is 4. The molecule has 5 amide bonds. The number of carbonyl (C=O) groups is 5. The number of hydrazone groups is 1. The van der Waals surface area contributed by atoms with Gasteiger partial charge in [-0.1, -0.05) is 61.9 Å². The van der Waals surface area contributed by atoms with Gasteiger partial charge >= 0.3 is 0 Å². The van der Waals surface area contributed by atoms with Gasteiger partial charge in [0.1, 0.15) is 48.7 Å². The highest BCUT2D eigenvalue weighted by molar-refractivity contribution is 5.99. The molecule has 4 aromatic carbocycles. The van der Waals surface area contributed by atoms with E-state index in [-0.39, 0.29) is 45.1 Å². The number of rotatable bonds is 17. The van der Waals surface area contributed by atoms with Crippen LogP contribution in [0, 0.1) is 0 Å². The second-order valence-electron chi connectivity index (χ2n) is 15.2. The summed E-state index contributed by atoms with van der Waals surface area (Å²) in [6, 6.07) is 22.0. The summed E-state index contributed by atoms with van der Waals surface area (Å²) in [6.07, 6.45) is 3.29. The summed E-state index contributed by atoms with van der Waals surface area (Å²) in [7, 11) is 1.43. The molecular weight excluding hydrogens is 805 g/mol. The van der Waals surface area contributed by atoms with Crippen LogP contribution in [0.25, 0.3) is 22.3 Å². The molecule has 4 bridgehead atoms. The Morgan fingerprint density at radius 1 is 0.810 bits per heavy atom. The van der Waals surface area contributed by atoms with E-state index in [0.717, 1.165) is 30.4 Å². The topological polar surface area (TPSA) is 272 Å². The van der Waals surface area contributed by atoms with Gasteiger partial charge in [0, 0.05) is 43.2 Å². The standard InChI is InChI=1S/C46H58N10O7/c1-4-5-6-29-7-10-31(11-8-29)32-12-14-33(15-13-32)44(59)52-27-41(57)56(3)42-34-16-18-39(63-22-20-48)36(25-34)35-23-30(9-17-38(35)62-21-19-47)24-37(45(60)51-26-40(49)55-50)54-43(58)28(2)53-46(42)61/h7-18,23,25,28,37,42H,4-6,19-22,24,26-27,47-48,50H2,1-3H3,(H2,49,55)(H,51,60)(H,52,59)(H,53,61)(H,54,58)/t28-,37?,42?/m0/s1. The number of fused-ring (bicyclic) bond motifs is 5. The van der Waals surface area contributed by atoms with Crippen molar-refractivity contribution in [1.82, 2.24) is 26.2 Å². The molecule has 0 radical (unpaired) electrons. The number of aryl methyl sites for hydroxylation is 1. The predicted molar refractivity (Wildman–Crippen MR) is 241 cm³/mol. The number of nitrogens with two attached hydrogens (primary N) is 4. The van der Waals surface area contributed by atoms with Crippen LogP contribution in [0.15, 0.2) is 90.0 Å². The van der Waals surface area contributed by atoms with E-state index >= 15 is 0 Å². The van der Waals surface area contributed by atoms with E-state index in [4.69, 9.17) is 32.5 Å². The highest BCUT2D eigenvalue weighted by Gasteiger charge is 2.33. The Morgan fingerprint density at radius 3 is 2.05 bits per heavy atom. The number of nitrogens with zero attached hydrogens (tertiary/aromatic N) is 2. The molecule has 12 N–H and O–H groups in total. The summed E-state index contributed by atoms with van der Waals surface area (Å²) in [4.78, 5) is 70.0. The minimum Gasteiger partial charge on any atom is -0.492 e. The van der Waals surface area contributed by atoms with Crippen LogP contribution < -0.4 is 53.8 Å². The number of ether oxygens (including phenoxy) is 2. The van der Waals surface area contributed by atoms with Gasteiger partial charge in [-0.05, 0) is 84.0 Å². The largest absolute Gasteiger partial charge is 0.492 e. The Morgan fingerprint density at radius 2 is 1.43 bits per heavy atom. The molecule has 0 saturated heterocycles. The lowest BCUT2D eigenvalue weighted by Crippen LogP contribution is -2.55. The molecule has 0 aromatic heterocycles. The molecule has 0 aliphatic carbocycles. The maximum atomic E-state index is 14.4. The smallest absolute Gasteiger partial charge is 0.251 e. The second kappa shape index (κ2) is 22.7. The summed E-state index contributed by atoms with van der Waals surface area (Å²) in [5.74, 6) is 2.97. The van der Waals surface area contributed by atoms with E-state index in [9.17, 15) is 24.0 Å². The number of amides is 5. The summed E-state index contributed by atoms with van der Waals surface area (Å²) < 4.78 is 12.2. The Balaban J connectivity index is 1.46. The molecule has 63 heavy (non-hydrogen) atoms. The van der Waals surface area contributed by atoms with Crippen molar-refractivity contribution in [1.29, 1.82) is 0 Å². The molecule has 5 rings (SSSR count). The number of hydrogen-bond donors (Lipinski definition) is 8. The molecule has 1 heterocycles. The SMILES string of the molecule is CCCCc1ccc(-c2ccc(C(=O)NCC(=O)N(C)C3C(=O)N[C@@H](C)C(=O)NC(C(=O)NC/C(N)=N/N)Cc4ccc(OCCN)c(c4)-c4cc3ccc4OCCN)cc2)cc1. The van der Waals surface area contributed by atoms with Gasteiger partial charge in [-0.3, -0.25) is 24.0 Å². The highest BCUT2D eigenvalue weighted by atomic mass is 16.5. The van der Waals surface area contributed by atoms with E-state index in [1.807, 2.05) is 12.1 Å². The van der Waals surface area contributed by atoms with Crippen LogP contribution in [0.1, 0.15) is 59.8 Å². The fourth-order valence-corrected chi connectivity index (χ4v) is 7.01. The van der Waals surface area contributed by atoms with Crippen molar-refractivity contribution in [2.75, 3.05) is 46.4 Å². The molecule has 0 saturated carbocycles. The van der Waals surface area contributed by atoms with E-state index in [1.54, 1.807) is 48.5 Å². The number of nitrogens with one attached hydrogen (secondary N) is 4. The zero-order valence-corrected chi connectivity index (χ0v) is 35.9. The maximum Gasteiger partial charge on any atom is 0.251 e. The first-order valence-corrected chi connectivity index (χ1v) is 20.9. The predicted octanol–water partition coefficient (Wildman–Crippen LogP) is 1.86. The lowest BCUT2D eigenvalue weighted by atomic mass is 9.93. The summed E-state index contributed by atoms with van der Waals surface area (Å²) in [5.41, 5.74) is 22.9. The first-order chi connectivity index (χ1) is 30.4. The maximum absolute atomic E-state index is 14.4. The van der Waals surface area contributed by atoms with E-state index in [2.05, 4.69) is 57.6 Å². The minimum absolute atomic E-state index is 0.0173. The zero-order chi connectivity index (χ0) is 45.5. The number of unbranched alkanes of at least 4 members (excludes halogenated alkanes) is 1. The highest BCUT2D eigenvalue weighted by Crippen LogP contribution is 2.40. The van der Waals surface area contributed by atoms with E-state index in [1.165, 1.54) is 24.4 Å². The first-order valence-electron chi connectivity index (χ1n) is 20.9. The third-order valence-corrected chi connectivity index (χ3v) is 10.5. The molecule has 0 spiro atoms. The monoisotopic (exact) mass is 862 g/mol. The summed E-state index contributed by atoms with van der Waals surface area (Å²) in [5, 5.41) is 14.1. The van der Waals surface area contributed by atoms with Gasteiger partial charge in [0.05, 0.1) is 13.1 Å². The van der Waals surface area contributed by atoms with Crippen molar-refractivity contribution in [3.8, 4) is 33.8 Å². The van der Waals surface area contributed by atoms with E-state index < -0.39 is 54.2 Å². The molecule has 334 valence electrons. The lowest BCUT2D eigenvalue weighted by molar-refractivity contribution is -0.139. The third-order valence-electron chi connectivity index (χ3n) is 10.5. The Kier molecular flexibility index (Phi) is 17.0. The number of carbonyl (C=O) groups excluding carboxylic acids is 5. The van der Waals surface area contributed by atoms with Gasteiger partial charge in [0.15, 0.2) is 0 Å². The Bertz CT molecular complexity index is 2270. The van der Waals surface area contributed by atoms with Crippen molar-refractivity contribution in [2.24, 2.45) is 28.1 Å². The first kappa shape index (κ1) is 47.1. The number of amidine groups is 1. The molecule has 17 heteroatoms. The molecule has 1 aliphatic rings. The average Bonchev–Trinajstić information content (AvgIpc) is 3.30. The molecule has 1 aliphatic heterocycles. The van der Waals surface area contributed by atoms with Crippen molar-refractivity contribution in [3.05, 3.63) is 107 Å². The normalized spacial score (nSPS) is 16.5. The molecule has 17 nitrogen and oxygen atoms in total. The molecule has 0 fully saturated rings. The van der Waals surface area contributed by atoms with Crippen LogP contribution in [-0.4, -0.2) is 98.8 Å². The van der Waals surface area contributed by atoms with Crippen LogP contribution in [-0.2, 0) is 32.0 Å². The Hall–Kier alpha value is -6.98. The molecule has 3 atom stereocenters. The zero-order valence-electron chi connectivity index (χ0n) is 35.9. The van der Waals surface area contributed by atoms with Crippen LogP contribution >= 0.6 is 0 Å².